The Hall–Kier alpha value is -1.92. The Morgan fingerprint density at radius 1 is 1.33 bits per heavy atom. The number of nitrogens with one attached hydrogen (secondary N) is 2. The summed E-state index contributed by atoms with van der Waals surface area (Å²) in [7, 11) is 1.53. The largest absolute Gasteiger partial charge is 0.370 e. The van der Waals surface area contributed by atoms with Crippen LogP contribution < -0.4 is 16.4 Å². The number of amides is 2. The average molecular weight is 251 g/mol. The lowest BCUT2D eigenvalue weighted by molar-refractivity contribution is -0.120. The SMILES string of the molecule is CNC(=O)c1ccccc1NC(=O)COCCN. The number of carbonyl (C=O) groups is 2. The Kier molecular flexibility index (Phi) is 5.83. The molecular formula is C12H17N3O3. The van der Waals surface area contributed by atoms with E-state index in [2.05, 4.69) is 10.6 Å². The number of ether oxygens (including phenoxy) is 1. The van der Waals surface area contributed by atoms with E-state index in [9.17, 15) is 9.59 Å². The third-order valence-electron chi connectivity index (χ3n) is 2.17. The second-order valence-electron chi connectivity index (χ2n) is 3.51. The fraction of sp³-hybridized carbons (Fsp3) is 0.333. The minimum atomic E-state index is -0.320. The molecule has 0 saturated carbocycles. The van der Waals surface area contributed by atoms with Crippen LogP contribution >= 0.6 is 0 Å². The molecule has 2 amide bonds. The highest BCUT2D eigenvalue weighted by atomic mass is 16.5. The average Bonchev–Trinajstić information content (AvgIpc) is 2.39. The summed E-state index contributed by atoms with van der Waals surface area (Å²) in [6.45, 7) is 0.603. The normalized spacial score (nSPS) is 9.89. The van der Waals surface area contributed by atoms with Crippen molar-refractivity contribution in [2.75, 3.05) is 32.1 Å². The molecule has 1 aromatic carbocycles. The Balaban J connectivity index is 2.66. The number of anilines is 1. The van der Waals surface area contributed by atoms with Gasteiger partial charge in [-0.15, -0.1) is 0 Å². The number of rotatable bonds is 6. The van der Waals surface area contributed by atoms with E-state index in [-0.39, 0.29) is 18.4 Å². The van der Waals surface area contributed by atoms with Gasteiger partial charge in [-0.1, -0.05) is 12.1 Å². The van der Waals surface area contributed by atoms with E-state index in [1.165, 1.54) is 7.05 Å². The first-order valence-electron chi connectivity index (χ1n) is 5.57. The van der Waals surface area contributed by atoms with Crippen molar-refractivity contribution in [3.63, 3.8) is 0 Å². The predicted molar refractivity (Wildman–Crippen MR) is 68.3 cm³/mol. The Labute approximate surface area is 105 Å². The van der Waals surface area contributed by atoms with E-state index in [4.69, 9.17) is 10.5 Å². The third-order valence-corrected chi connectivity index (χ3v) is 2.17. The fourth-order valence-corrected chi connectivity index (χ4v) is 1.36. The molecule has 0 radical (unpaired) electrons. The van der Waals surface area contributed by atoms with E-state index in [1.807, 2.05) is 0 Å². The minimum Gasteiger partial charge on any atom is -0.370 e. The van der Waals surface area contributed by atoms with Crippen molar-refractivity contribution >= 4 is 17.5 Å². The summed E-state index contributed by atoms with van der Waals surface area (Å²) >= 11 is 0. The van der Waals surface area contributed by atoms with Crippen LogP contribution in [0.15, 0.2) is 24.3 Å². The molecule has 6 heteroatoms. The van der Waals surface area contributed by atoms with Crippen molar-refractivity contribution in [1.29, 1.82) is 0 Å². The number of nitrogens with two attached hydrogens (primary N) is 1. The summed E-state index contributed by atoms with van der Waals surface area (Å²) in [6.07, 6.45) is 0. The summed E-state index contributed by atoms with van der Waals surface area (Å²) in [4.78, 5) is 23.1. The van der Waals surface area contributed by atoms with Gasteiger partial charge in [0.05, 0.1) is 17.9 Å². The maximum Gasteiger partial charge on any atom is 0.253 e. The predicted octanol–water partition coefficient (Wildman–Crippen LogP) is -0.0400. The molecule has 1 aromatic rings. The quantitative estimate of drug-likeness (QED) is 0.618. The standard InChI is InChI=1S/C12H17N3O3/c1-14-12(17)9-4-2-3-5-10(9)15-11(16)8-18-7-6-13/h2-5H,6-8,13H2,1H3,(H,14,17)(H,15,16). The molecule has 0 aromatic heterocycles. The molecule has 18 heavy (non-hydrogen) atoms. The van der Waals surface area contributed by atoms with Crippen LogP contribution in [0, 0.1) is 0 Å². The molecule has 0 aliphatic rings. The Morgan fingerprint density at radius 2 is 2.06 bits per heavy atom. The molecule has 0 unspecified atom stereocenters. The van der Waals surface area contributed by atoms with Gasteiger partial charge in [-0.2, -0.15) is 0 Å². The van der Waals surface area contributed by atoms with Crippen LogP contribution in [0.25, 0.3) is 0 Å². The lowest BCUT2D eigenvalue weighted by Crippen LogP contribution is -2.24. The lowest BCUT2D eigenvalue weighted by atomic mass is 10.1. The van der Waals surface area contributed by atoms with E-state index in [0.717, 1.165) is 0 Å². The number of hydrogen-bond donors (Lipinski definition) is 3. The topological polar surface area (TPSA) is 93.5 Å². The van der Waals surface area contributed by atoms with Crippen LogP contribution in [0.1, 0.15) is 10.4 Å². The van der Waals surface area contributed by atoms with Crippen LogP contribution in [0.4, 0.5) is 5.69 Å². The summed E-state index contributed by atoms with van der Waals surface area (Å²) in [5, 5.41) is 5.13. The van der Waals surface area contributed by atoms with Crippen molar-refractivity contribution in [2.24, 2.45) is 5.73 Å². The van der Waals surface area contributed by atoms with Crippen LogP contribution in [-0.4, -0.2) is 38.6 Å². The summed E-state index contributed by atoms with van der Waals surface area (Å²) < 4.78 is 5.01. The first kappa shape index (κ1) is 14.1. The van der Waals surface area contributed by atoms with Crippen LogP contribution in [0.3, 0.4) is 0 Å². The van der Waals surface area contributed by atoms with Gasteiger partial charge >= 0.3 is 0 Å². The number of benzene rings is 1. The molecular weight excluding hydrogens is 234 g/mol. The molecule has 0 bridgehead atoms. The molecule has 0 spiro atoms. The number of hydrogen-bond acceptors (Lipinski definition) is 4. The molecule has 0 aliphatic carbocycles. The third kappa shape index (κ3) is 4.15. The van der Waals surface area contributed by atoms with Gasteiger partial charge in [0.1, 0.15) is 6.61 Å². The molecule has 98 valence electrons. The van der Waals surface area contributed by atoms with E-state index < -0.39 is 0 Å². The van der Waals surface area contributed by atoms with Gasteiger partial charge < -0.3 is 21.1 Å². The van der Waals surface area contributed by atoms with Gasteiger partial charge in [0, 0.05) is 13.6 Å². The van der Waals surface area contributed by atoms with Gasteiger partial charge in [-0.25, -0.2) is 0 Å². The second-order valence-corrected chi connectivity index (χ2v) is 3.51. The number of carbonyl (C=O) groups excluding carboxylic acids is 2. The van der Waals surface area contributed by atoms with Gasteiger partial charge in [0.15, 0.2) is 0 Å². The zero-order valence-corrected chi connectivity index (χ0v) is 10.2. The maximum absolute atomic E-state index is 11.6. The van der Waals surface area contributed by atoms with Gasteiger partial charge in [0.2, 0.25) is 5.91 Å². The molecule has 0 heterocycles. The molecule has 0 atom stereocenters. The zero-order chi connectivity index (χ0) is 13.4. The smallest absolute Gasteiger partial charge is 0.253 e. The lowest BCUT2D eigenvalue weighted by Gasteiger charge is -2.10. The highest BCUT2D eigenvalue weighted by Crippen LogP contribution is 2.14. The monoisotopic (exact) mass is 251 g/mol. The minimum absolute atomic E-state index is 0.0840. The van der Waals surface area contributed by atoms with Crippen molar-refractivity contribution in [3.8, 4) is 0 Å². The van der Waals surface area contributed by atoms with Gasteiger partial charge in [-0.3, -0.25) is 9.59 Å². The van der Waals surface area contributed by atoms with Crippen molar-refractivity contribution < 1.29 is 14.3 Å². The van der Waals surface area contributed by atoms with Crippen LogP contribution in [0.5, 0.6) is 0 Å². The molecule has 0 aliphatic heterocycles. The first-order chi connectivity index (χ1) is 8.69. The molecule has 6 nitrogen and oxygen atoms in total. The van der Waals surface area contributed by atoms with Crippen molar-refractivity contribution in [2.45, 2.75) is 0 Å². The van der Waals surface area contributed by atoms with Gasteiger partial charge in [0.25, 0.3) is 5.91 Å². The van der Waals surface area contributed by atoms with Crippen LogP contribution in [0.2, 0.25) is 0 Å². The van der Waals surface area contributed by atoms with E-state index >= 15 is 0 Å². The molecule has 1 rings (SSSR count). The van der Waals surface area contributed by atoms with Crippen molar-refractivity contribution in [1.82, 2.24) is 5.32 Å². The molecule has 0 saturated heterocycles. The Bertz CT molecular complexity index is 421. The van der Waals surface area contributed by atoms with E-state index in [0.29, 0.717) is 24.4 Å². The summed E-state index contributed by atoms with van der Waals surface area (Å²) in [5.74, 6) is -0.575. The summed E-state index contributed by atoms with van der Waals surface area (Å²) in [6, 6.07) is 6.76. The number of para-hydroxylation sites is 1. The van der Waals surface area contributed by atoms with E-state index in [1.54, 1.807) is 24.3 Å². The second kappa shape index (κ2) is 7.41. The first-order valence-corrected chi connectivity index (χ1v) is 5.57. The Morgan fingerprint density at radius 3 is 2.72 bits per heavy atom. The fourth-order valence-electron chi connectivity index (χ4n) is 1.36. The molecule has 0 fully saturated rings. The highest BCUT2D eigenvalue weighted by molar-refractivity contribution is 6.03. The van der Waals surface area contributed by atoms with Crippen molar-refractivity contribution in [3.05, 3.63) is 29.8 Å². The van der Waals surface area contributed by atoms with Gasteiger partial charge in [-0.05, 0) is 12.1 Å². The maximum atomic E-state index is 11.6. The molecule has 4 N–H and O–H groups in total. The zero-order valence-electron chi connectivity index (χ0n) is 10.2. The summed E-state index contributed by atoms with van der Waals surface area (Å²) in [5.41, 5.74) is 6.11. The van der Waals surface area contributed by atoms with Crippen LogP contribution in [-0.2, 0) is 9.53 Å². The highest BCUT2D eigenvalue weighted by Gasteiger charge is 2.11.